The topological polar surface area (TPSA) is 9.23 Å². The predicted octanol–water partition coefficient (Wildman–Crippen LogP) is 7.15. The Morgan fingerprint density at radius 1 is 1.19 bits per heavy atom. The van der Waals surface area contributed by atoms with Crippen LogP contribution in [0.5, 0.6) is 0 Å². The first-order valence-electron chi connectivity index (χ1n) is 10.6. The summed E-state index contributed by atoms with van der Waals surface area (Å²) in [5.41, 5.74) is 6.40. The number of allylic oxidation sites excluding steroid dienone is 8. The van der Waals surface area contributed by atoms with Gasteiger partial charge in [0.2, 0.25) is 0 Å². The molecule has 0 saturated heterocycles. The molecule has 0 heterocycles. The molecule has 0 bridgehead atoms. The van der Waals surface area contributed by atoms with Crippen molar-refractivity contribution in [3.63, 3.8) is 0 Å². The van der Waals surface area contributed by atoms with E-state index in [0.717, 1.165) is 23.3 Å². The first-order chi connectivity index (χ1) is 12.6. The Balaban J connectivity index is 1.87. The molecule has 3 aliphatic carbocycles. The lowest BCUT2D eigenvalue weighted by Gasteiger charge is -2.50. The van der Waals surface area contributed by atoms with Gasteiger partial charge in [0, 0.05) is 5.57 Å². The van der Waals surface area contributed by atoms with Gasteiger partial charge < -0.3 is 4.74 Å². The minimum Gasteiger partial charge on any atom is -0.501 e. The fourth-order valence-electron chi connectivity index (χ4n) is 6.18. The molecule has 3 aliphatic rings. The molecule has 1 heteroatoms. The Labute approximate surface area is 160 Å². The molecule has 0 aromatic carbocycles. The normalized spacial score (nSPS) is 39.2. The van der Waals surface area contributed by atoms with E-state index < -0.39 is 0 Å². The Morgan fingerprint density at radius 3 is 2.65 bits per heavy atom. The maximum atomic E-state index is 5.49. The third kappa shape index (κ3) is 3.26. The molecule has 3 rings (SSSR count). The summed E-state index contributed by atoms with van der Waals surface area (Å²) in [6.07, 6.45) is 18.8. The van der Waals surface area contributed by atoms with Crippen LogP contribution in [0, 0.1) is 23.2 Å². The molecule has 0 amide bonds. The van der Waals surface area contributed by atoms with E-state index in [1.54, 1.807) is 11.1 Å². The van der Waals surface area contributed by atoms with E-state index in [4.69, 9.17) is 4.74 Å². The van der Waals surface area contributed by atoms with Gasteiger partial charge in [0.15, 0.2) is 0 Å². The van der Waals surface area contributed by atoms with E-state index in [-0.39, 0.29) is 0 Å². The summed E-state index contributed by atoms with van der Waals surface area (Å²) in [6.45, 7) is 13.7. The largest absolute Gasteiger partial charge is 0.501 e. The average molecular weight is 353 g/mol. The molecular formula is C25H36O. The van der Waals surface area contributed by atoms with Crippen molar-refractivity contribution in [3.8, 4) is 0 Å². The molecular weight excluding hydrogens is 316 g/mol. The Hall–Kier alpha value is -1.50. The van der Waals surface area contributed by atoms with Crippen molar-refractivity contribution in [2.24, 2.45) is 23.2 Å². The minimum absolute atomic E-state index is 0.469. The highest BCUT2D eigenvalue weighted by atomic mass is 16.5. The molecule has 3 saturated carbocycles. The van der Waals surface area contributed by atoms with Crippen LogP contribution in [0.3, 0.4) is 0 Å². The first-order valence-corrected chi connectivity index (χ1v) is 10.6. The van der Waals surface area contributed by atoms with Crippen molar-refractivity contribution in [2.75, 3.05) is 6.61 Å². The van der Waals surface area contributed by atoms with Crippen LogP contribution in [-0.4, -0.2) is 6.61 Å². The van der Waals surface area contributed by atoms with E-state index in [2.05, 4.69) is 45.6 Å². The van der Waals surface area contributed by atoms with Crippen LogP contribution in [0.2, 0.25) is 0 Å². The van der Waals surface area contributed by atoms with Crippen LogP contribution < -0.4 is 0 Å². The summed E-state index contributed by atoms with van der Waals surface area (Å²) in [5, 5.41) is 0. The molecule has 0 aromatic heterocycles. The third-order valence-electron chi connectivity index (χ3n) is 7.42. The van der Waals surface area contributed by atoms with Gasteiger partial charge in [-0.2, -0.15) is 0 Å². The fraction of sp³-hybridized carbons (Fsp3) is 0.600. The minimum atomic E-state index is 0.469. The molecule has 0 radical (unpaired) electrons. The molecule has 3 fully saturated rings. The number of rotatable bonds is 4. The van der Waals surface area contributed by atoms with E-state index in [1.807, 2.05) is 19.3 Å². The highest BCUT2D eigenvalue weighted by molar-refractivity contribution is 5.44. The van der Waals surface area contributed by atoms with Gasteiger partial charge >= 0.3 is 0 Å². The molecule has 4 atom stereocenters. The Kier molecular flexibility index (Phi) is 5.95. The van der Waals surface area contributed by atoms with Crippen molar-refractivity contribution < 1.29 is 4.74 Å². The Bertz CT molecular complexity index is 660. The third-order valence-corrected chi connectivity index (χ3v) is 7.42. The Morgan fingerprint density at radius 2 is 2.00 bits per heavy atom. The van der Waals surface area contributed by atoms with Gasteiger partial charge in [0.25, 0.3) is 0 Å². The summed E-state index contributed by atoms with van der Waals surface area (Å²) in [6, 6.07) is 0. The zero-order valence-electron chi connectivity index (χ0n) is 17.2. The molecule has 0 spiro atoms. The average Bonchev–Trinajstić information content (AvgIpc) is 3.01. The maximum absolute atomic E-state index is 5.49. The van der Waals surface area contributed by atoms with E-state index in [0.29, 0.717) is 12.0 Å². The maximum Gasteiger partial charge on any atom is 0.0900 e. The fourth-order valence-corrected chi connectivity index (χ4v) is 6.18. The van der Waals surface area contributed by atoms with Crippen LogP contribution in [0.15, 0.2) is 59.4 Å². The number of hydrogen-bond donors (Lipinski definition) is 0. The molecule has 0 N–H and O–H groups in total. The second-order valence-corrected chi connectivity index (χ2v) is 8.42. The van der Waals surface area contributed by atoms with Crippen LogP contribution in [0.25, 0.3) is 0 Å². The number of ether oxygens (including phenoxy) is 1. The van der Waals surface area contributed by atoms with Gasteiger partial charge in [-0.1, -0.05) is 37.3 Å². The summed E-state index contributed by atoms with van der Waals surface area (Å²) in [7, 11) is 0. The quantitative estimate of drug-likeness (QED) is 0.296. The van der Waals surface area contributed by atoms with Gasteiger partial charge in [0.05, 0.1) is 12.9 Å². The highest BCUT2D eigenvalue weighted by Crippen LogP contribution is 2.62. The van der Waals surface area contributed by atoms with Gasteiger partial charge in [-0.25, -0.2) is 0 Å². The molecule has 0 aliphatic heterocycles. The van der Waals surface area contributed by atoms with Crippen molar-refractivity contribution in [3.05, 3.63) is 59.4 Å². The monoisotopic (exact) mass is 352 g/mol. The lowest BCUT2D eigenvalue weighted by molar-refractivity contribution is 0.0637. The lowest BCUT2D eigenvalue weighted by Crippen LogP contribution is -2.41. The van der Waals surface area contributed by atoms with Gasteiger partial charge in [-0.3, -0.25) is 0 Å². The smallest absolute Gasteiger partial charge is 0.0900 e. The van der Waals surface area contributed by atoms with Gasteiger partial charge in [0.1, 0.15) is 0 Å². The summed E-state index contributed by atoms with van der Waals surface area (Å²) < 4.78 is 5.49. The van der Waals surface area contributed by atoms with Crippen molar-refractivity contribution >= 4 is 0 Å². The zero-order chi connectivity index (χ0) is 18.7. The van der Waals surface area contributed by atoms with Crippen molar-refractivity contribution in [1.29, 1.82) is 0 Å². The SMILES string of the molecule is C=CC(/C=C1/CCC2C(CCC3(C)/C(=C\C)CCC23)/C1=C/C)=C\OCC. The van der Waals surface area contributed by atoms with Crippen LogP contribution in [0.4, 0.5) is 0 Å². The second-order valence-electron chi connectivity index (χ2n) is 8.42. The summed E-state index contributed by atoms with van der Waals surface area (Å²) in [4.78, 5) is 0. The predicted molar refractivity (Wildman–Crippen MR) is 112 cm³/mol. The standard InChI is InChI=1S/C25H36O/c1-6-18(17-26-9-4)16-19-10-12-23-22(21(19)8-3)14-15-25(5)20(7-2)11-13-24(23)25/h6-8,16-17,22-24H,1,9-15H2,2-5H3/b18-17+,19-16-,20-7-,21-8+. The van der Waals surface area contributed by atoms with Gasteiger partial charge in [-0.15, -0.1) is 0 Å². The van der Waals surface area contributed by atoms with E-state index in [1.165, 1.54) is 44.1 Å². The molecule has 1 nitrogen and oxygen atoms in total. The van der Waals surface area contributed by atoms with Crippen molar-refractivity contribution in [1.82, 2.24) is 0 Å². The number of fused-ring (bicyclic) bond motifs is 3. The van der Waals surface area contributed by atoms with E-state index in [9.17, 15) is 0 Å². The molecule has 4 unspecified atom stereocenters. The van der Waals surface area contributed by atoms with E-state index >= 15 is 0 Å². The van der Waals surface area contributed by atoms with Crippen molar-refractivity contribution in [2.45, 2.75) is 66.2 Å². The molecule has 142 valence electrons. The van der Waals surface area contributed by atoms with Crippen LogP contribution >= 0.6 is 0 Å². The number of hydrogen-bond acceptors (Lipinski definition) is 1. The molecule has 0 aromatic rings. The van der Waals surface area contributed by atoms with Gasteiger partial charge in [-0.05, 0) is 99.7 Å². The second kappa shape index (κ2) is 8.03. The zero-order valence-corrected chi connectivity index (χ0v) is 17.2. The van der Waals surface area contributed by atoms with Crippen LogP contribution in [-0.2, 0) is 4.74 Å². The summed E-state index contributed by atoms with van der Waals surface area (Å²) in [5.74, 6) is 2.48. The molecule has 26 heavy (non-hydrogen) atoms. The first kappa shape index (κ1) is 19.3. The summed E-state index contributed by atoms with van der Waals surface area (Å²) >= 11 is 0. The van der Waals surface area contributed by atoms with Crippen LogP contribution in [0.1, 0.15) is 66.2 Å². The highest BCUT2D eigenvalue weighted by Gasteiger charge is 2.52. The lowest BCUT2D eigenvalue weighted by atomic mass is 9.54.